The van der Waals surface area contributed by atoms with Gasteiger partial charge >= 0.3 is 0 Å². The maximum absolute atomic E-state index is 12.9. The largest absolute Gasteiger partial charge is 0.320 e. The third-order valence-electron chi connectivity index (χ3n) is 6.65. The van der Waals surface area contributed by atoms with Gasteiger partial charge in [-0.05, 0) is 43.7 Å². The average Bonchev–Trinajstić information content (AvgIpc) is 3.11. The van der Waals surface area contributed by atoms with Crippen LogP contribution in [0.25, 0.3) is 10.2 Å². The summed E-state index contributed by atoms with van der Waals surface area (Å²) in [6.07, 6.45) is 5.25. The van der Waals surface area contributed by atoms with Crippen LogP contribution >= 0.6 is 11.3 Å². The second kappa shape index (κ2) is 7.54. The van der Waals surface area contributed by atoms with Crippen LogP contribution in [-0.2, 0) is 12.8 Å². The lowest BCUT2D eigenvalue weighted by atomic mass is 9.89. The third-order valence-corrected chi connectivity index (χ3v) is 7.79. The predicted octanol–water partition coefficient (Wildman–Crippen LogP) is 1.39. The van der Waals surface area contributed by atoms with Gasteiger partial charge in [0.05, 0.1) is 11.6 Å². The summed E-state index contributed by atoms with van der Waals surface area (Å²) < 4.78 is 0. The van der Waals surface area contributed by atoms with Crippen molar-refractivity contribution in [2.24, 2.45) is 5.92 Å². The highest BCUT2D eigenvalue weighted by molar-refractivity contribution is 7.18. The number of nitrogens with one attached hydrogen (secondary N) is 3. The minimum atomic E-state index is 0.0563. The van der Waals surface area contributed by atoms with E-state index in [0.717, 1.165) is 55.1 Å². The third kappa shape index (κ3) is 3.46. The predicted molar refractivity (Wildman–Crippen MR) is 116 cm³/mol. The zero-order valence-electron chi connectivity index (χ0n) is 17.1. The van der Waals surface area contributed by atoms with Crippen molar-refractivity contribution < 1.29 is 9.88 Å². The molecule has 0 amide bonds. The molecule has 1 fully saturated rings. The minimum absolute atomic E-state index is 0.0563. The molecule has 152 valence electrons. The summed E-state index contributed by atoms with van der Waals surface area (Å²) in [5.41, 5.74) is 1.32. The second-order valence-corrected chi connectivity index (χ2v) is 9.68. The van der Waals surface area contributed by atoms with E-state index in [-0.39, 0.29) is 11.6 Å². The van der Waals surface area contributed by atoms with Crippen LogP contribution in [0.2, 0.25) is 0 Å². The van der Waals surface area contributed by atoms with Crippen LogP contribution in [0.15, 0.2) is 29.2 Å². The molecule has 29 heavy (non-hydrogen) atoms. The van der Waals surface area contributed by atoms with Crippen molar-refractivity contribution in [1.29, 1.82) is 0 Å². The fraction of sp³-hybridized carbons (Fsp3) is 0.500. The van der Waals surface area contributed by atoms with Crippen LogP contribution in [0.5, 0.6) is 0 Å². The van der Waals surface area contributed by atoms with Crippen molar-refractivity contribution >= 4 is 27.4 Å². The van der Waals surface area contributed by atoms with E-state index in [0.29, 0.717) is 5.92 Å². The van der Waals surface area contributed by atoms with E-state index in [4.69, 9.17) is 4.98 Å². The molecule has 0 saturated carbocycles. The van der Waals surface area contributed by atoms with Crippen molar-refractivity contribution in [3.05, 3.63) is 51.0 Å². The first-order chi connectivity index (χ1) is 14.1. The van der Waals surface area contributed by atoms with Gasteiger partial charge in [0, 0.05) is 10.9 Å². The fourth-order valence-electron chi connectivity index (χ4n) is 4.81. The number of fused-ring (bicyclic) bond motifs is 3. The second-order valence-electron chi connectivity index (χ2n) is 8.60. The summed E-state index contributed by atoms with van der Waals surface area (Å²) in [5.74, 6) is 2.71. The Hall–Kier alpha value is -2.25. The summed E-state index contributed by atoms with van der Waals surface area (Å²) in [6, 6.07) is 6.39. The quantitative estimate of drug-likeness (QED) is 0.684. The Kier molecular flexibility index (Phi) is 4.87. The number of aromatic amines is 2. The molecule has 2 atom stereocenters. The fourth-order valence-corrected chi connectivity index (χ4v) is 6.20. The van der Waals surface area contributed by atoms with E-state index in [2.05, 4.69) is 40.8 Å². The van der Waals surface area contributed by atoms with Gasteiger partial charge in [-0.1, -0.05) is 13.0 Å². The van der Waals surface area contributed by atoms with Gasteiger partial charge in [-0.25, -0.2) is 9.97 Å². The number of hydrogen-bond donors (Lipinski definition) is 2. The molecule has 0 bridgehead atoms. The van der Waals surface area contributed by atoms with Gasteiger partial charge < -0.3 is 9.88 Å². The van der Waals surface area contributed by atoms with Crippen LogP contribution in [0.1, 0.15) is 42.6 Å². The summed E-state index contributed by atoms with van der Waals surface area (Å²) in [4.78, 5) is 30.5. The lowest BCUT2D eigenvalue weighted by molar-refractivity contribution is -0.931. The van der Waals surface area contributed by atoms with Crippen molar-refractivity contribution in [3.63, 3.8) is 0 Å². The Balaban J connectivity index is 1.36. The smallest absolute Gasteiger partial charge is 0.274 e. The zero-order chi connectivity index (χ0) is 20.0. The zero-order valence-corrected chi connectivity index (χ0v) is 17.9. The number of pyridine rings is 1. The highest BCUT2D eigenvalue weighted by atomic mass is 32.1. The number of aryl methyl sites for hydroxylation is 1. The van der Waals surface area contributed by atoms with E-state index in [9.17, 15) is 4.79 Å². The molecule has 7 heteroatoms. The first-order valence-electron chi connectivity index (χ1n) is 10.7. The Labute approximate surface area is 174 Å². The molecule has 3 aromatic heterocycles. The lowest BCUT2D eigenvalue weighted by Crippen LogP contribution is -3.15. The van der Waals surface area contributed by atoms with Gasteiger partial charge in [0.15, 0.2) is 5.82 Å². The van der Waals surface area contributed by atoms with E-state index >= 15 is 0 Å². The van der Waals surface area contributed by atoms with E-state index in [1.807, 2.05) is 12.3 Å². The highest BCUT2D eigenvalue weighted by Crippen LogP contribution is 2.35. The normalized spacial score (nSPS) is 21.3. The Morgan fingerprint density at radius 1 is 1.34 bits per heavy atom. The van der Waals surface area contributed by atoms with E-state index in [1.165, 1.54) is 27.6 Å². The Morgan fingerprint density at radius 3 is 2.93 bits per heavy atom. The molecule has 0 unspecified atom stereocenters. The minimum Gasteiger partial charge on any atom is -0.320 e. The summed E-state index contributed by atoms with van der Waals surface area (Å²) >= 11 is 1.74. The van der Waals surface area contributed by atoms with Gasteiger partial charge in [0.2, 0.25) is 0 Å². The molecule has 0 spiro atoms. The number of aromatic nitrogens is 3. The molecule has 0 aromatic carbocycles. The molecule has 3 aromatic rings. The first-order valence-corrected chi connectivity index (χ1v) is 11.5. The number of thiophene rings is 1. The lowest BCUT2D eigenvalue weighted by Gasteiger charge is -2.31. The van der Waals surface area contributed by atoms with Gasteiger partial charge in [0.1, 0.15) is 37.1 Å². The number of nitrogens with zero attached hydrogens (tertiary/aromatic N) is 2. The number of piperazine rings is 1. The van der Waals surface area contributed by atoms with Crippen LogP contribution in [0, 0.1) is 5.92 Å². The number of hydrogen-bond acceptors (Lipinski definition) is 4. The summed E-state index contributed by atoms with van der Waals surface area (Å²) in [5, 5.41) is 0.854. The molecular weight excluding hydrogens is 382 g/mol. The summed E-state index contributed by atoms with van der Waals surface area (Å²) in [7, 11) is 0. The van der Waals surface area contributed by atoms with Crippen LogP contribution in [0.3, 0.4) is 0 Å². The molecule has 0 radical (unpaired) electrons. The molecule has 5 rings (SSSR count). The number of rotatable bonds is 3. The monoisotopic (exact) mass is 411 g/mol. The number of quaternary nitrogens is 1. The molecule has 1 aliphatic carbocycles. The van der Waals surface area contributed by atoms with Gasteiger partial charge in [-0.15, -0.1) is 11.3 Å². The van der Waals surface area contributed by atoms with Crippen molar-refractivity contribution in [2.75, 3.05) is 31.1 Å². The SMILES string of the molecule is C[C@@H]1CCc2c(sc3nc([C@H](C)[NH+]4CCN(c5cccc[nH+]5)CC4)[nH]c(=O)c23)C1. The number of H-pyrrole nitrogens is 2. The van der Waals surface area contributed by atoms with Gasteiger partial charge in [0.25, 0.3) is 11.4 Å². The molecule has 3 N–H and O–H groups in total. The maximum atomic E-state index is 12.9. The molecular formula is C22H29N5OS+2. The summed E-state index contributed by atoms with van der Waals surface area (Å²) in [6.45, 7) is 8.55. The molecule has 2 aliphatic rings. The van der Waals surface area contributed by atoms with Gasteiger partial charge in [-0.3, -0.25) is 9.69 Å². The Morgan fingerprint density at radius 2 is 2.17 bits per heavy atom. The highest BCUT2D eigenvalue weighted by Gasteiger charge is 2.31. The number of anilines is 1. The van der Waals surface area contributed by atoms with Crippen molar-refractivity contribution in [1.82, 2.24) is 9.97 Å². The van der Waals surface area contributed by atoms with Crippen molar-refractivity contribution in [3.8, 4) is 0 Å². The first kappa shape index (κ1) is 18.8. The van der Waals surface area contributed by atoms with Crippen LogP contribution in [0.4, 0.5) is 5.82 Å². The van der Waals surface area contributed by atoms with E-state index in [1.54, 1.807) is 11.3 Å². The average molecular weight is 412 g/mol. The molecule has 4 heterocycles. The molecule has 1 saturated heterocycles. The topological polar surface area (TPSA) is 67.6 Å². The maximum Gasteiger partial charge on any atom is 0.274 e. The Bertz CT molecular complexity index is 1070. The van der Waals surface area contributed by atoms with Gasteiger partial charge in [-0.2, -0.15) is 0 Å². The van der Waals surface area contributed by atoms with E-state index < -0.39 is 0 Å². The van der Waals surface area contributed by atoms with Crippen LogP contribution in [-0.4, -0.2) is 36.1 Å². The van der Waals surface area contributed by atoms with Crippen LogP contribution < -0.4 is 20.3 Å². The standard InChI is InChI=1S/C22H27N5OS/c1-14-6-7-16-17(13-14)29-22-19(16)21(28)24-20(25-22)15(2)26-9-11-27(12-10-26)18-5-3-4-8-23-18/h3-5,8,14-15H,6-7,9-13H2,1-2H3,(H,24,25,28)/p+2/t14-,15+/m1/s1. The molecule has 6 nitrogen and oxygen atoms in total. The van der Waals surface area contributed by atoms with Crippen molar-refractivity contribution in [2.45, 2.75) is 39.2 Å². The molecule has 1 aliphatic heterocycles.